The molecule has 2 aliphatic carbocycles. The average molecular weight is 396 g/mol. The quantitative estimate of drug-likeness (QED) is 0.785. The van der Waals surface area contributed by atoms with Gasteiger partial charge in [0.25, 0.3) is 0 Å². The van der Waals surface area contributed by atoms with Crippen LogP contribution in [0.15, 0.2) is 29.8 Å². The van der Waals surface area contributed by atoms with Crippen LogP contribution in [-0.4, -0.2) is 36.6 Å². The van der Waals surface area contributed by atoms with Crippen LogP contribution in [0.2, 0.25) is 0 Å². The molecule has 2 heterocycles. The van der Waals surface area contributed by atoms with Gasteiger partial charge in [0.1, 0.15) is 0 Å². The Balaban J connectivity index is 1.13. The average Bonchev–Trinajstić information content (AvgIpc) is 3.23. The number of benzene rings is 1. The van der Waals surface area contributed by atoms with Gasteiger partial charge in [-0.05, 0) is 62.5 Å². The second-order valence-corrected chi connectivity index (χ2v) is 8.84. The van der Waals surface area contributed by atoms with E-state index in [0.717, 1.165) is 50.9 Å². The normalized spacial score (nSPS) is 24.2. The molecule has 0 unspecified atom stereocenters. The van der Waals surface area contributed by atoms with Crippen molar-refractivity contribution in [3.05, 3.63) is 29.8 Å². The molecule has 2 aliphatic heterocycles. The molecule has 1 aromatic carbocycles. The van der Waals surface area contributed by atoms with Crippen molar-refractivity contribution in [2.75, 3.05) is 25.2 Å². The number of anilines is 1. The molecular weight excluding hydrogens is 368 g/mol. The fraction of sp³-hybridized carbons (Fsp3) is 0.565. The number of amides is 2. The number of fused-ring (bicyclic) bond motifs is 1. The highest BCUT2D eigenvalue weighted by atomic mass is 16.7. The Labute approximate surface area is 171 Å². The molecule has 1 aromatic rings. The molecule has 154 valence electrons. The Morgan fingerprint density at radius 3 is 2.76 bits per heavy atom. The summed E-state index contributed by atoms with van der Waals surface area (Å²) < 4.78 is 10.7. The van der Waals surface area contributed by atoms with Crippen LogP contribution in [0.4, 0.5) is 5.69 Å². The van der Waals surface area contributed by atoms with Crippen LogP contribution < -0.4 is 14.8 Å². The summed E-state index contributed by atoms with van der Waals surface area (Å²) in [6.07, 6.45) is 10.3. The monoisotopic (exact) mass is 396 g/mol. The number of ether oxygens (including phenoxy) is 2. The van der Waals surface area contributed by atoms with Crippen LogP contribution in [0, 0.1) is 11.3 Å². The Kier molecular flexibility index (Phi) is 4.72. The van der Waals surface area contributed by atoms with E-state index in [0.29, 0.717) is 17.9 Å². The molecule has 1 atom stereocenters. The summed E-state index contributed by atoms with van der Waals surface area (Å²) in [6, 6.07) is 5.49. The maximum atomic E-state index is 12.8. The molecule has 5 rings (SSSR count). The molecule has 4 aliphatic rings. The molecule has 1 N–H and O–H groups in total. The van der Waals surface area contributed by atoms with Gasteiger partial charge in [-0.2, -0.15) is 0 Å². The van der Waals surface area contributed by atoms with E-state index in [1.807, 2.05) is 23.1 Å². The lowest BCUT2D eigenvalue weighted by atomic mass is 9.90. The number of likely N-dealkylation sites (tertiary alicyclic amines) is 1. The van der Waals surface area contributed by atoms with Crippen LogP contribution in [0.5, 0.6) is 11.5 Å². The largest absolute Gasteiger partial charge is 0.454 e. The highest BCUT2D eigenvalue weighted by Gasteiger charge is 2.58. The number of carbonyl (C=O) groups is 2. The minimum absolute atomic E-state index is 0.0474. The SMILES string of the molecule is O=C(Nc1ccc2c(c1)OCO2)[C@@H]1CC12CCN(C(=O)CC1=CCCCC1)CC2. The summed E-state index contributed by atoms with van der Waals surface area (Å²) in [5, 5.41) is 3.03. The Bertz CT molecular complexity index is 854. The second kappa shape index (κ2) is 7.39. The van der Waals surface area contributed by atoms with E-state index in [1.165, 1.54) is 18.4 Å². The Hall–Kier alpha value is -2.50. The molecule has 1 saturated carbocycles. The Morgan fingerprint density at radius 2 is 1.97 bits per heavy atom. The number of piperidine rings is 1. The first kappa shape index (κ1) is 18.5. The summed E-state index contributed by atoms with van der Waals surface area (Å²) in [5.74, 6) is 1.78. The van der Waals surface area contributed by atoms with Crippen molar-refractivity contribution in [1.82, 2.24) is 4.90 Å². The zero-order valence-corrected chi connectivity index (χ0v) is 16.7. The van der Waals surface area contributed by atoms with Gasteiger partial charge in [0, 0.05) is 37.2 Å². The van der Waals surface area contributed by atoms with Gasteiger partial charge >= 0.3 is 0 Å². The molecule has 0 aromatic heterocycles. The Morgan fingerprint density at radius 1 is 1.14 bits per heavy atom. The summed E-state index contributed by atoms with van der Waals surface area (Å²) in [4.78, 5) is 27.4. The van der Waals surface area contributed by atoms with E-state index >= 15 is 0 Å². The zero-order valence-electron chi connectivity index (χ0n) is 16.7. The van der Waals surface area contributed by atoms with E-state index in [2.05, 4.69) is 11.4 Å². The van der Waals surface area contributed by atoms with Crippen LogP contribution >= 0.6 is 0 Å². The minimum atomic E-state index is 0.0474. The summed E-state index contributed by atoms with van der Waals surface area (Å²) >= 11 is 0. The van der Waals surface area contributed by atoms with E-state index in [-0.39, 0.29) is 29.9 Å². The number of hydrogen-bond acceptors (Lipinski definition) is 4. The van der Waals surface area contributed by atoms with Crippen molar-refractivity contribution in [3.8, 4) is 11.5 Å². The van der Waals surface area contributed by atoms with Gasteiger partial charge < -0.3 is 19.7 Å². The molecule has 0 radical (unpaired) electrons. The van der Waals surface area contributed by atoms with Crippen molar-refractivity contribution in [2.45, 2.75) is 51.4 Å². The maximum Gasteiger partial charge on any atom is 0.231 e. The highest BCUT2D eigenvalue weighted by Crippen LogP contribution is 2.59. The lowest BCUT2D eigenvalue weighted by molar-refractivity contribution is -0.132. The first-order chi connectivity index (χ1) is 14.1. The van der Waals surface area contributed by atoms with E-state index in [4.69, 9.17) is 9.47 Å². The van der Waals surface area contributed by atoms with Crippen LogP contribution in [0.3, 0.4) is 0 Å². The third-order valence-electron chi connectivity index (χ3n) is 7.02. The van der Waals surface area contributed by atoms with Gasteiger partial charge in [0.05, 0.1) is 0 Å². The summed E-state index contributed by atoms with van der Waals surface area (Å²) in [6.45, 7) is 1.78. The fourth-order valence-electron chi connectivity index (χ4n) is 5.05. The number of carbonyl (C=O) groups excluding carboxylic acids is 2. The molecule has 29 heavy (non-hydrogen) atoms. The predicted octanol–water partition coefficient (Wildman–Crippen LogP) is 3.87. The summed E-state index contributed by atoms with van der Waals surface area (Å²) in [5.41, 5.74) is 2.14. The number of rotatable bonds is 4. The van der Waals surface area contributed by atoms with Gasteiger partial charge in [-0.25, -0.2) is 0 Å². The fourth-order valence-corrected chi connectivity index (χ4v) is 5.05. The molecular formula is C23H28N2O4. The standard InChI is InChI=1S/C23H28N2O4/c26-21(12-16-4-2-1-3-5-16)25-10-8-23(9-11-25)14-18(23)22(27)24-17-6-7-19-20(13-17)29-15-28-19/h4,6-7,13,18H,1-3,5,8-12,14-15H2,(H,24,27)/t18-/m0/s1. The van der Waals surface area contributed by atoms with Crippen LogP contribution in [0.25, 0.3) is 0 Å². The zero-order chi connectivity index (χ0) is 19.8. The topological polar surface area (TPSA) is 67.9 Å². The van der Waals surface area contributed by atoms with Crippen molar-refractivity contribution >= 4 is 17.5 Å². The molecule has 6 heteroatoms. The summed E-state index contributed by atoms with van der Waals surface area (Å²) in [7, 11) is 0. The molecule has 2 fully saturated rings. The molecule has 6 nitrogen and oxygen atoms in total. The maximum absolute atomic E-state index is 12.8. The second-order valence-electron chi connectivity index (χ2n) is 8.84. The van der Waals surface area contributed by atoms with Crippen molar-refractivity contribution < 1.29 is 19.1 Å². The van der Waals surface area contributed by atoms with Crippen molar-refractivity contribution in [1.29, 1.82) is 0 Å². The minimum Gasteiger partial charge on any atom is -0.454 e. The van der Waals surface area contributed by atoms with Crippen LogP contribution in [-0.2, 0) is 9.59 Å². The lowest BCUT2D eigenvalue weighted by Crippen LogP contribution is -2.40. The van der Waals surface area contributed by atoms with E-state index < -0.39 is 0 Å². The van der Waals surface area contributed by atoms with Gasteiger partial charge in [-0.1, -0.05) is 11.6 Å². The first-order valence-corrected chi connectivity index (χ1v) is 10.8. The third kappa shape index (κ3) is 3.72. The van der Waals surface area contributed by atoms with Crippen LogP contribution in [0.1, 0.15) is 51.4 Å². The first-order valence-electron chi connectivity index (χ1n) is 10.8. The number of allylic oxidation sites excluding steroid dienone is 1. The number of hydrogen-bond donors (Lipinski definition) is 1. The van der Waals surface area contributed by atoms with Crippen molar-refractivity contribution in [3.63, 3.8) is 0 Å². The van der Waals surface area contributed by atoms with Gasteiger partial charge in [0.2, 0.25) is 18.6 Å². The number of nitrogens with zero attached hydrogens (tertiary/aromatic N) is 1. The van der Waals surface area contributed by atoms with E-state index in [9.17, 15) is 9.59 Å². The third-order valence-corrected chi connectivity index (χ3v) is 7.02. The highest BCUT2D eigenvalue weighted by molar-refractivity contribution is 5.95. The van der Waals surface area contributed by atoms with E-state index in [1.54, 1.807) is 0 Å². The molecule has 1 spiro atoms. The smallest absolute Gasteiger partial charge is 0.231 e. The molecule has 2 amide bonds. The van der Waals surface area contributed by atoms with Gasteiger partial charge in [0.15, 0.2) is 11.5 Å². The lowest BCUT2D eigenvalue weighted by Gasteiger charge is -2.33. The number of nitrogens with one attached hydrogen (secondary N) is 1. The van der Waals surface area contributed by atoms with Crippen molar-refractivity contribution in [2.24, 2.45) is 11.3 Å². The van der Waals surface area contributed by atoms with Gasteiger partial charge in [-0.15, -0.1) is 0 Å². The molecule has 1 saturated heterocycles. The van der Waals surface area contributed by atoms with Gasteiger partial charge in [-0.3, -0.25) is 9.59 Å². The molecule has 0 bridgehead atoms. The predicted molar refractivity (Wildman–Crippen MR) is 109 cm³/mol.